The Hall–Kier alpha value is -4.58. The number of fused-ring (bicyclic) bond motifs is 1. The normalized spacial score (nSPS) is 14.0. The Morgan fingerprint density at radius 1 is 0.927 bits per heavy atom. The van der Waals surface area contributed by atoms with Crippen LogP contribution < -0.4 is 10.6 Å². The van der Waals surface area contributed by atoms with E-state index in [-0.39, 0.29) is 17.7 Å². The number of pyridine rings is 2. The standard InChI is InChI=1S/C29H34N6O6/c1-29(2,3)41-28(40)35-14-12-34(13-15-35)11-10-31-27(39)24-7-5-20(17-32-24)19-4-6-23-22(16-19)21(8-9-30-23)26(38)33-18-25(36)37/h4-9,16-17H,10-15,18H2,1-3H3,(H,31,39)(H,33,38)(H,36,37). The summed E-state index contributed by atoms with van der Waals surface area (Å²) >= 11 is 0. The SMILES string of the molecule is CC(C)(C)OC(=O)N1CCN(CCNC(=O)c2ccc(-c3ccc4nccc(C(=O)NCC(=O)O)c4c3)cn2)CC1. The van der Waals surface area contributed by atoms with Crippen LogP contribution >= 0.6 is 0 Å². The molecule has 41 heavy (non-hydrogen) atoms. The highest BCUT2D eigenvalue weighted by Crippen LogP contribution is 2.25. The molecule has 1 aromatic carbocycles. The number of benzene rings is 1. The van der Waals surface area contributed by atoms with Crippen LogP contribution in [0.25, 0.3) is 22.0 Å². The highest BCUT2D eigenvalue weighted by atomic mass is 16.6. The Morgan fingerprint density at radius 3 is 2.32 bits per heavy atom. The second kappa shape index (κ2) is 12.7. The Morgan fingerprint density at radius 2 is 1.66 bits per heavy atom. The Kier molecular flexibility index (Phi) is 9.13. The van der Waals surface area contributed by atoms with Crippen molar-refractivity contribution in [1.29, 1.82) is 0 Å². The van der Waals surface area contributed by atoms with E-state index in [2.05, 4.69) is 25.5 Å². The van der Waals surface area contributed by atoms with Crippen LogP contribution in [0.5, 0.6) is 0 Å². The fraction of sp³-hybridized carbons (Fsp3) is 0.379. The van der Waals surface area contributed by atoms with E-state index in [1.165, 1.54) is 12.3 Å². The van der Waals surface area contributed by atoms with Crippen LogP contribution in [-0.2, 0) is 9.53 Å². The fourth-order valence-electron chi connectivity index (χ4n) is 4.37. The van der Waals surface area contributed by atoms with Gasteiger partial charge in [0, 0.05) is 62.6 Å². The van der Waals surface area contributed by atoms with Crippen molar-refractivity contribution in [1.82, 2.24) is 30.4 Å². The number of carbonyl (C=O) groups excluding carboxylic acids is 3. The summed E-state index contributed by atoms with van der Waals surface area (Å²) in [4.78, 5) is 60.7. The smallest absolute Gasteiger partial charge is 0.410 e. The lowest BCUT2D eigenvalue weighted by molar-refractivity contribution is -0.135. The molecular formula is C29H34N6O6. The minimum absolute atomic E-state index is 0.277. The molecule has 1 aliphatic rings. The van der Waals surface area contributed by atoms with Crippen LogP contribution in [0, 0.1) is 0 Å². The van der Waals surface area contributed by atoms with E-state index in [0.717, 1.165) is 11.1 Å². The monoisotopic (exact) mass is 562 g/mol. The molecular weight excluding hydrogens is 528 g/mol. The van der Waals surface area contributed by atoms with Gasteiger partial charge in [-0.3, -0.25) is 29.3 Å². The van der Waals surface area contributed by atoms with Gasteiger partial charge in [0.15, 0.2) is 0 Å². The van der Waals surface area contributed by atoms with Crippen molar-refractivity contribution in [2.75, 3.05) is 45.8 Å². The van der Waals surface area contributed by atoms with Gasteiger partial charge in [-0.2, -0.15) is 0 Å². The number of hydrogen-bond acceptors (Lipinski definition) is 8. The maximum Gasteiger partial charge on any atom is 0.410 e. The summed E-state index contributed by atoms with van der Waals surface area (Å²) in [6, 6.07) is 10.4. The molecule has 3 heterocycles. The minimum atomic E-state index is -1.13. The fourth-order valence-corrected chi connectivity index (χ4v) is 4.37. The van der Waals surface area contributed by atoms with Gasteiger partial charge in [-0.05, 0) is 50.6 Å². The van der Waals surface area contributed by atoms with E-state index in [1.54, 1.807) is 35.4 Å². The number of nitrogens with one attached hydrogen (secondary N) is 2. The van der Waals surface area contributed by atoms with E-state index in [1.807, 2.05) is 26.8 Å². The van der Waals surface area contributed by atoms with E-state index >= 15 is 0 Å². The number of carbonyl (C=O) groups is 4. The van der Waals surface area contributed by atoms with E-state index in [4.69, 9.17) is 9.84 Å². The summed E-state index contributed by atoms with van der Waals surface area (Å²) in [6.45, 7) is 8.70. The topological polar surface area (TPSA) is 154 Å². The number of aromatic nitrogens is 2. The van der Waals surface area contributed by atoms with Gasteiger partial charge in [-0.25, -0.2) is 4.79 Å². The highest BCUT2D eigenvalue weighted by Gasteiger charge is 2.25. The second-order valence-electron chi connectivity index (χ2n) is 10.7. The quantitative estimate of drug-likeness (QED) is 0.375. The van der Waals surface area contributed by atoms with Crippen LogP contribution in [0.15, 0.2) is 48.8 Å². The summed E-state index contributed by atoms with van der Waals surface area (Å²) in [5.74, 6) is -1.93. The summed E-state index contributed by atoms with van der Waals surface area (Å²) < 4.78 is 5.43. The molecule has 3 aromatic rings. The van der Waals surface area contributed by atoms with Crippen molar-refractivity contribution in [3.8, 4) is 11.1 Å². The van der Waals surface area contributed by atoms with Gasteiger partial charge in [0.2, 0.25) is 0 Å². The largest absolute Gasteiger partial charge is 0.480 e. The number of carboxylic acids is 1. The van der Waals surface area contributed by atoms with Crippen molar-refractivity contribution in [2.24, 2.45) is 0 Å². The first kappa shape index (κ1) is 29.4. The zero-order chi connectivity index (χ0) is 29.6. The molecule has 1 aliphatic heterocycles. The molecule has 2 aromatic heterocycles. The highest BCUT2D eigenvalue weighted by molar-refractivity contribution is 6.07. The maximum absolute atomic E-state index is 12.7. The van der Waals surface area contributed by atoms with Crippen LogP contribution in [-0.4, -0.2) is 100 Å². The number of ether oxygens (including phenoxy) is 1. The van der Waals surface area contributed by atoms with Gasteiger partial charge in [0.1, 0.15) is 17.8 Å². The molecule has 0 unspecified atom stereocenters. The van der Waals surface area contributed by atoms with Crippen molar-refractivity contribution < 1.29 is 29.0 Å². The molecule has 0 spiro atoms. The third kappa shape index (κ3) is 7.98. The average molecular weight is 563 g/mol. The first-order valence-electron chi connectivity index (χ1n) is 13.3. The lowest BCUT2D eigenvalue weighted by Crippen LogP contribution is -2.51. The number of carboxylic acid groups (broad SMARTS) is 1. The van der Waals surface area contributed by atoms with Crippen LogP contribution in [0.1, 0.15) is 41.6 Å². The van der Waals surface area contributed by atoms with Crippen molar-refractivity contribution in [2.45, 2.75) is 26.4 Å². The summed E-state index contributed by atoms with van der Waals surface area (Å²) in [5.41, 5.74) is 2.17. The molecule has 0 radical (unpaired) electrons. The molecule has 1 fully saturated rings. The zero-order valence-electron chi connectivity index (χ0n) is 23.3. The van der Waals surface area contributed by atoms with Gasteiger partial charge in [0.25, 0.3) is 11.8 Å². The van der Waals surface area contributed by atoms with Crippen LogP contribution in [0.3, 0.4) is 0 Å². The Balaban J connectivity index is 1.31. The van der Waals surface area contributed by atoms with Crippen molar-refractivity contribution >= 4 is 34.8 Å². The van der Waals surface area contributed by atoms with Crippen molar-refractivity contribution in [3.63, 3.8) is 0 Å². The first-order chi connectivity index (χ1) is 19.5. The summed E-state index contributed by atoms with van der Waals surface area (Å²) in [5, 5.41) is 14.7. The van der Waals surface area contributed by atoms with Gasteiger partial charge in [0.05, 0.1) is 11.1 Å². The summed E-state index contributed by atoms with van der Waals surface area (Å²) in [7, 11) is 0. The molecule has 0 saturated carbocycles. The Bertz CT molecular complexity index is 1430. The Labute approximate surface area is 237 Å². The number of amides is 3. The van der Waals surface area contributed by atoms with Gasteiger partial charge in [-0.15, -0.1) is 0 Å². The maximum atomic E-state index is 12.7. The molecule has 12 nitrogen and oxygen atoms in total. The van der Waals surface area contributed by atoms with Gasteiger partial charge >= 0.3 is 12.1 Å². The summed E-state index contributed by atoms with van der Waals surface area (Å²) in [6.07, 6.45) is 2.78. The predicted octanol–water partition coefficient (Wildman–Crippen LogP) is 2.39. The van der Waals surface area contributed by atoms with Gasteiger partial charge in [-0.1, -0.05) is 12.1 Å². The number of aliphatic carboxylic acids is 1. The molecule has 0 atom stereocenters. The number of nitrogens with zero attached hydrogens (tertiary/aromatic N) is 4. The molecule has 216 valence electrons. The van der Waals surface area contributed by atoms with E-state index < -0.39 is 24.0 Å². The zero-order valence-corrected chi connectivity index (χ0v) is 23.3. The molecule has 0 bridgehead atoms. The average Bonchev–Trinajstić information content (AvgIpc) is 2.94. The minimum Gasteiger partial charge on any atom is -0.480 e. The van der Waals surface area contributed by atoms with Crippen molar-refractivity contribution in [3.05, 3.63) is 60.0 Å². The van der Waals surface area contributed by atoms with E-state index in [9.17, 15) is 19.2 Å². The third-order valence-corrected chi connectivity index (χ3v) is 6.45. The second-order valence-corrected chi connectivity index (χ2v) is 10.7. The lowest BCUT2D eigenvalue weighted by Gasteiger charge is -2.35. The molecule has 3 amide bonds. The van der Waals surface area contributed by atoms with Gasteiger partial charge < -0.3 is 25.4 Å². The van der Waals surface area contributed by atoms with Crippen LogP contribution in [0.4, 0.5) is 4.79 Å². The number of hydrogen-bond donors (Lipinski definition) is 3. The van der Waals surface area contributed by atoms with E-state index in [0.29, 0.717) is 55.7 Å². The predicted molar refractivity (Wildman–Crippen MR) is 152 cm³/mol. The van der Waals surface area contributed by atoms with Crippen LogP contribution in [0.2, 0.25) is 0 Å². The third-order valence-electron chi connectivity index (χ3n) is 6.45. The molecule has 12 heteroatoms. The lowest BCUT2D eigenvalue weighted by atomic mass is 10.0. The molecule has 3 N–H and O–H groups in total. The first-order valence-corrected chi connectivity index (χ1v) is 13.3. The number of rotatable bonds is 8. The molecule has 1 saturated heterocycles. The number of piperazine rings is 1. The molecule has 4 rings (SSSR count). The molecule has 0 aliphatic carbocycles.